The largest absolute Gasteiger partial charge is 0.281 e. The molecule has 0 saturated carbocycles. The van der Waals surface area contributed by atoms with Crippen molar-refractivity contribution in [3.63, 3.8) is 0 Å². The second-order valence-electron chi connectivity index (χ2n) is 3.55. The van der Waals surface area contributed by atoms with Crippen molar-refractivity contribution in [2.24, 2.45) is 0 Å². The van der Waals surface area contributed by atoms with Gasteiger partial charge in [0.1, 0.15) is 6.07 Å². The van der Waals surface area contributed by atoms with Crippen molar-refractivity contribution in [2.75, 3.05) is 0 Å². The third kappa shape index (κ3) is 1.72. The fourth-order valence-electron chi connectivity index (χ4n) is 1.32. The van der Waals surface area contributed by atoms with E-state index < -0.39 is 0 Å². The van der Waals surface area contributed by atoms with E-state index in [-0.39, 0.29) is 5.41 Å². The van der Waals surface area contributed by atoms with Crippen LogP contribution in [-0.2, 0) is 5.41 Å². The highest BCUT2D eigenvalue weighted by atomic mass is 15.1. The number of nitrogens with one attached hydrogen (secondary N) is 1. The predicted octanol–water partition coefficient (Wildman–Crippen LogP) is 2.36. The number of H-pyrrole nitrogens is 1. The fourth-order valence-corrected chi connectivity index (χ4v) is 1.32. The van der Waals surface area contributed by atoms with Crippen LogP contribution in [0.3, 0.4) is 0 Å². The molecule has 70 valence electrons. The van der Waals surface area contributed by atoms with E-state index in [1.807, 2.05) is 12.1 Å². The minimum atomic E-state index is 0.127. The van der Waals surface area contributed by atoms with Gasteiger partial charge in [0.15, 0.2) is 5.69 Å². The van der Waals surface area contributed by atoms with Gasteiger partial charge in [-0.15, -0.1) is 0 Å². The van der Waals surface area contributed by atoms with Gasteiger partial charge in [0.05, 0.1) is 0 Å². The topological polar surface area (TPSA) is 52.5 Å². The Morgan fingerprint density at radius 3 is 2.54 bits per heavy atom. The Kier molecular flexibility index (Phi) is 2.72. The molecule has 0 saturated heterocycles. The first kappa shape index (κ1) is 9.79. The second-order valence-corrected chi connectivity index (χ2v) is 3.55. The van der Waals surface area contributed by atoms with Crippen molar-refractivity contribution in [1.82, 2.24) is 10.2 Å². The maximum absolute atomic E-state index is 8.63. The van der Waals surface area contributed by atoms with Crippen LogP contribution in [-0.4, -0.2) is 10.2 Å². The van der Waals surface area contributed by atoms with Crippen molar-refractivity contribution >= 4 is 0 Å². The zero-order valence-corrected chi connectivity index (χ0v) is 8.39. The maximum Gasteiger partial charge on any atom is 0.162 e. The summed E-state index contributed by atoms with van der Waals surface area (Å²) in [5.41, 5.74) is 1.67. The first-order valence-corrected chi connectivity index (χ1v) is 4.62. The first-order valence-electron chi connectivity index (χ1n) is 4.62. The van der Waals surface area contributed by atoms with E-state index in [0.717, 1.165) is 18.5 Å². The molecular formula is C10H15N3. The van der Waals surface area contributed by atoms with Gasteiger partial charge in [0.2, 0.25) is 0 Å². The summed E-state index contributed by atoms with van der Waals surface area (Å²) in [6.45, 7) is 6.48. The summed E-state index contributed by atoms with van der Waals surface area (Å²) in [6, 6.07) is 3.87. The molecule has 1 N–H and O–H groups in total. The van der Waals surface area contributed by atoms with Gasteiger partial charge < -0.3 is 0 Å². The van der Waals surface area contributed by atoms with E-state index in [1.165, 1.54) is 0 Å². The highest BCUT2D eigenvalue weighted by molar-refractivity contribution is 5.25. The molecule has 1 rings (SSSR count). The Morgan fingerprint density at radius 1 is 1.54 bits per heavy atom. The van der Waals surface area contributed by atoms with Gasteiger partial charge in [0.25, 0.3) is 0 Å². The van der Waals surface area contributed by atoms with Crippen LogP contribution < -0.4 is 0 Å². The molecule has 0 spiro atoms. The zero-order valence-electron chi connectivity index (χ0n) is 8.39. The molecule has 0 unspecified atom stereocenters. The van der Waals surface area contributed by atoms with Crippen LogP contribution in [0.15, 0.2) is 6.07 Å². The fraction of sp³-hybridized carbons (Fsp3) is 0.600. The van der Waals surface area contributed by atoms with Gasteiger partial charge in [-0.25, -0.2) is 0 Å². The number of rotatable bonds is 3. The van der Waals surface area contributed by atoms with E-state index in [2.05, 4.69) is 31.0 Å². The number of aromatic nitrogens is 2. The SMILES string of the molecule is CCC(C)(CC)c1cc(C#N)n[nH]1. The summed E-state index contributed by atoms with van der Waals surface area (Å²) < 4.78 is 0. The number of hydrogen-bond acceptors (Lipinski definition) is 2. The smallest absolute Gasteiger partial charge is 0.162 e. The quantitative estimate of drug-likeness (QED) is 0.770. The molecule has 0 atom stereocenters. The van der Waals surface area contributed by atoms with Crippen LogP contribution in [0, 0.1) is 11.3 Å². The Hall–Kier alpha value is -1.30. The Balaban J connectivity index is 3.00. The lowest BCUT2D eigenvalue weighted by molar-refractivity contribution is 0.425. The summed E-state index contributed by atoms with van der Waals surface area (Å²) in [4.78, 5) is 0. The highest BCUT2D eigenvalue weighted by Crippen LogP contribution is 2.29. The molecule has 0 aliphatic rings. The van der Waals surface area contributed by atoms with Crippen LogP contribution in [0.5, 0.6) is 0 Å². The first-order chi connectivity index (χ1) is 6.16. The van der Waals surface area contributed by atoms with E-state index in [4.69, 9.17) is 5.26 Å². The molecular weight excluding hydrogens is 162 g/mol. The van der Waals surface area contributed by atoms with Gasteiger partial charge in [-0.1, -0.05) is 20.8 Å². The van der Waals surface area contributed by atoms with Gasteiger partial charge >= 0.3 is 0 Å². The molecule has 0 bridgehead atoms. The summed E-state index contributed by atoms with van der Waals surface area (Å²) in [5, 5.41) is 15.5. The molecule has 0 radical (unpaired) electrons. The minimum Gasteiger partial charge on any atom is -0.281 e. The van der Waals surface area contributed by atoms with Gasteiger partial charge in [-0.05, 0) is 18.9 Å². The number of hydrogen-bond donors (Lipinski definition) is 1. The molecule has 0 aliphatic carbocycles. The van der Waals surface area contributed by atoms with E-state index in [1.54, 1.807) is 0 Å². The number of nitrogens with zero attached hydrogens (tertiary/aromatic N) is 2. The van der Waals surface area contributed by atoms with Crippen LogP contribution in [0.2, 0.25) is 0 Å². The average Bonchev–Trinajstić information content (AvgIpc) is 2.65. The summed E-state index contributed by atoms with van der Waals surface area (Å²) in [6.07, 6.45) is 2.10. The monoisotopic (exact) mass is 177 g/mol. The molecule has 3 heteroatoms. The lowest BCUT2D eigenvalue weighted by Gasteiger charge is -2.24. The van der Waals surface area contributed by atoms with E-state index in [0.29, 0.717) is 5.69 Å². The molecule has 0 fully saturated rings. The maximum atomic E-state index is 8.63. The Morgan fingerprint density at radius 2 is 2.15 bits per heavy atom. The third-order valence-corrected chi connectivity index (χ3v) is 2.90. The van der Waals surface area contributed by atoms with E-state index >= 15 is 0 Å². The summed E-state index contributed by atoms with van der Waals surface area (Å²) >= 11 is 0. The molecule has 1 heterocycles. The van der Waals surface area contributed by atoms with Crippen molar-refractivity contribution in [3.8, 4) is 6.07 Å². The lowest BCUT2D eigenvalue weighted by atomic mass is 9.81. The van der Waals surface area contributed by atoms with Gasteiger partial charge in [-0.3, -0.25) is 5.10 Å². The van der Waals surface area contributed by atoms with E-state index in [9.17, 15) is 0 Å². The second kappa shape index (κ2) is 3.61. The predicted molar refractivity (Wildman–Crippen MR) is 51.2 cm³/mol. The molecule has 1 aromatic heterocycles. The normalized spacial score (nSPS) is 11.2. The molecule has 0 amide bonds. The standard InChI is InChI=1S/C10H15N3/c1-4-10(3,5-2)9-6-8(7-11)12-13-9/h6H,4-5H2,1-3H3,(H,12,13). The van der Waals surface area contributed by atoms with Crippen LogP contribution in [0.4, 0.5) is 0 Å². The minimum absolute atomic E-state index is 0.127. The van der Waals surface area contributed by atoms with Gasteiger partial charge in [-0.2, -0.15) is 10.4 Å². The zero-order chi connectivity index (χ0) is 9.90. The van der Waals surface area contributed by atoms with Crippen LogP contribution in [0.1, 0.15) is 45.0 Å². The van der Waals surface area contributed by atoms with Crippen LogP contribution in [0.25, 0.3) is 0 Å². The molecule has 1 aromatic rings. The van der Waals surface area contributed by atoms with Crippen molar-refractivity contribution < 1.29 is 0 Å². The molecule has 3 nitrogen and oxygen atoms in total. The van der Waals surface area contributed by atoms with Crippen molar-refractivity contribution in [3.05, 3.63) is 17.5 Å². The Labute approximate surface area is 78.8 Å². The number of nitriles is 1. The lowest BCUT2D eigenvalue weighted by Crippen LogP contribution is -2.19. The Bertz CT molecular complexity index is 315. The summed E-state index contributed by atoms with van der Waals surface area (Å²) in [7, 11) is 0. The van der Waals surface area contributed by atoms with Crippen LogP contribution >= 0.6 is 0 Å². The van der Waals surface area contributed by atoms with Gasteiger partial charge in [0, 0.05) is 11.1 Å². The highest BCUT2D eigenvalue weighted by Gasteiger charge is 2.24. The molecule has 0 aliphatic heterocycles. The van der Waals surface area contributed by atoms with Crippen molar-refractivity contribution in [1.29, 1.82) is 5.26 Å². The molecule has 13 heavy (non-hydrogen) atoms. The molecule has 0 aromatic carbocycles. The average molecular weight is 177 g/mol. The number of aromatic amines is 1. The van der Waals surface area contributed by atoms with Crippen molar-refractivity contribution in [2.45, 2.75) is 39.0 Å². The third-order valence-electron chi connectivity index (χ3n) is 2.90. The summed E-state index contributed by atoms with van der Waals surface area (Å²) in [5.74, 6) is 0.